The van der Waals surface area contributed by atoms with Gasteiger partial charge in [0, 0.05) is 22.7 Å². The molecule has 2 aromatic heterocycles. The van der Waals surface area contributed by atoms with Crippen molar-refractivity contribution in [1.29, 1.82) is 0 Å². The van der Waals surface area contributed by atoms with Gasteiger partial charge in [0.05, 0.1) is 16.1 Å². The molecule has 5 nitrogen and oxygen atoms in total. The van der Waals surface area contributed by atoms with Crippen molar-refractivity contribution < 1.29 is 27.8 Å². The Kier molecular flexibility index (Phi) is 6.65. The molecule has 2 heterocycles. The first kappa shape index (κ1) is 23.8. The molecule has 4 aromatic rings. The van der Waals surface area contributed by atoms with E-state index in [-0.39, 0.29) is 12.6 Å². The molecule has 0 radical (unpaired) electrons. The molecule has 0 fully saturated rings. The summed E-state index contributed by atoms with van der Waals surface area (Å²) in [4.78, 5) is 16.7. The fraction of sp³-hybridized carbons (Fsp3) is 0.280. The van der Waals surface area contributed by atoms with E-state index in [9.17, 15) is 18.0 Å². The first-order valence-electron chi connectivity index (χ1n) is 10.8. The maximum absolute atomic E-state index is 12.9. The number of hydrogen-bond acceptors (Lipinski definition) is 4. The molecule has 34 heavy (non-hydrogen) atoms. The van der Waals surface area contributed by atoms with Crippen molar-refractivity contribution >= 4 is 28.2 Å². The maximum Gasteiger partial charge on any atom is 0.416 e. The van der Waals surface area contributed by atoms with Gasteiger partial charge in [-0.15, -0.1) is 11.3 Å². The van der Waals surface area contributed by atoms with Gasteiger partial charge < -0.3 is 14.4 Å². The Labute approximate surface area is 198 Å². The van der Waals surface area contributed by atoms with Crippen molar-refractivity contribution in [1.82, 2.24) is 9.55 Å². The molecule has 0 amide bonds. The van der Waals surface area contributed by atoms with E-state index in [4.69, 9.17) is 14.8 Å². The lowest BCUT2D eigenvalue weighted by Gasteiger charge is -2.15. The summed E-state index contributed by atoms with van der Waals surface area (Å²) in [6, 6.07) is 12.4. The van der Waals surface area contributed by atoms with Crippen LogP contribution >= 0.6 is 11.3 Å². The third kappa shape index (κ3) is 5.09. The van der Waals surface area contributed by atoms with Crippen LogP contribution in [0, 0.1) is 0 Å². The largest absolute Gasteiger partial charge is 0.485 e. The van der Waals surface area contributed by atoms with Gasteiger partial charge in [-0.1, -0.05) is 25.5 Å². The number of halogens is 3. The SMILES string of the molecule is CCCc1nc(-c2ccc(C(F)(F)F)cc2)sc1C(C)Oc1ccc2c(ccn2CC(=O)O)c1. The minimum atomic E-state index is -4.38. The average Bonchev–Trinajstić information content (AvgIpc) is 3.37. The summed E-state index contributed by atoms with van der Waals surface area (Å²) in [7, 11) is 0. The highest BCUT2D eigenvalue weighted by atomic mass is 32.1. The van der Waals surface area contributed by atoms with Crippen molar-refractivity contribution in [3.8, 4) is 16.3 Å². The Balaban J connectivity index is 1.58. The number of carboxylic acids is 1. The van der Waals surface area contributed by atoms with Crippen molar-refractivity contribution in [2.24, 2.45) is 0 Å². The van der Waals surface area contributed by atoms with Gasteiger partial charge in [-0.05, 0) is 49.7 Å². The van der Waals surface area contributed by atoms with E-state index >= 15 is 0 Å². The monoisotopic (exact) mass is 488 g/mol. The van der Waals surface area contributed by atoms with E-state index in [1.54, 1.807) is 16.8 Å². The van der Waals surface area contributed by atoms with Crippen molar-refractivity contribution in [3.63, 3.8) is 0 Å². The molecule has 0 saturated carbocycles. The summed E-state index contributed by atoms with van der Waals surface area (Å²) in [5.74, 6) is -0.274. The number of benzene rings is 2. The van der Waals surface area contributed by atoms with Crippen LogP contribution in [-0.4, -0.2) is 20.6 Å². The Bertz CT molecular complexity index is 1310. The number of aromatic nitrogens is 2. The Morgan fingerprint density at radius 2 is 1.91 bits per heavy atom. The summed E-state index contributed by atoms with van der Waals surface area (Å²) < 4.78 is 46.6. The lowest BCUT2D eigenvalue weighted by molar-refractivity contribution is -0.138. The molecule has 9 heteroatoms. The zero-order valence-corrected chi connectivity index (χ0v) is 19.4. The number of carboxylic acid groups (broad SMARTS) is 1. The minimum absolute atomic E-state index is 0.117. The molecule has 0 bridgehead atoms. The highest BCUT2D eigenvalue weighted by molar-refractivity contribution is 7.15. The van der Waals surface area contributed by atoms with E-state index < -0.39 is 17.7 Å². The van der Waals surface area contributed by atoms with Crippen LogP contribution in [0.4, 0.5) is 13.2 Å². The van der Waals surface area contributed by atoms with Crippen LogP contribution in [0.3, 0.4) is 0 Å². The molecule has 1 N–H and O–H groups in total. The van der Waals surface area contributed by atoms with Gasteiger partial charge >= 0.3 is 12.1 Å². The Hall–Kier alpha value is -3.33. The third-order valence-corrected chi connectivity index (χ3v) is 6.71. The van der Waals surface area contributed by atoms with Crippen LogP contribution in [-0.2, 0) is 23.9 Å². The van der Waals surface area contributed by atoms with Gasteiger partial charge in [0.2, 0.25) is 0 Å². The second kappa shape index (κ2) is 9.50. The van der Waals surface area contributed by atoms with Crippen LogP contribution in [0.2, 0.25) is 0 Å². The molecular formula is C25H23F3N2O3S. The maximum atomic E-state index is 12.9. The third-order valence-electron chi connectivity index (χ3n) is 5.40. The van der Waals surface area contributed by atoms with E-state index in [2.05, 4.69) is 0 Å². The number of nitrogens with zero attached hydrogens (tertiary/aromatic N) is 2. The zero-order valence-electron chi connectivity index (χ0n) is 18.6. The first-order chi connectivity index (χ1) is 16.2. The zero-order chi connectivity index (χ0) is 24.5. The standard InChI is InChI=1S/C25H23F3N2O3S/c1-3-4-20-23(34-24(29-20)16-5-7-18(8-6-16)25(26,27)28)15(2)33-19-9-10-21-17(13-19)11-12-30(21)14-22(31)32/h5-13,15H,3-4,14H2,1-2H3,(H,31,32). The van der Waals surface area contributed by atoms with E-state index in [0.717, 1.165) is 46.4 Å². The molecule has 0 saturated heterocycles. The Morgan fingerprint density at radius 3 is 2.56 bits per heavy atom. The minimum Gasteiger partial charge on any atom is -0.485 e. The number of alkyl halides is 3. The summed E-state index contributed by atoms with van der Waals surface area (Å²) in [6.07, 6.45) is -1.36. The molecule has 1 atom stereocenters. The molecule has 2 aromatic carbocycles. The van der Waals surface area contributed by atoms with E-state index in [1.165, 1.54) is 23.5 Å². The number of aryl methyl sites for hydroxylation is 1. The number of fused-ring (bicyclic) bond motifs is 1. The molecule has 1 unspecified atom stereocenters. The molecule has 0 aliphatic heterocycles. The summed E-state index contributed by atoms with van der Waals surface area (Å²) in [5, 5.41) is 10.6. The fourth-order valence-corrected chi connectivity index (χ4v) is 4.91. The van der Waals surface area contributed by atoms with Crippen LogP contribution in [0.15, 0.2) is 54.7 Å². The molecular weight excluding hydrogens is 465 g/mol. The van der Waals surface area contributed by atoms with Crippen LogP contribution in [0.25, 0.3) is 21.5 Å². The molecule has 0 aliphatic rings. The normalized spacial score (nSPS) is 12.7. The number of carbonyl (C=O) groups is 1. The van der Waals surface area contributed by atoms with Crippen LogP contribution in [0.1, 0.15) is 42.5 Å². The molecule has 0 spiro atoms. The van der Waals surface area contributed by atoms with Gasteiger partial charge in [-0.25, -0.2) is 4.98 Å². The van der Waals surface area contributed by atoms with Crippen molar-refractivity contribution in [2.45, 2.75) is 45.5 Å². The predicted octanol–water partition coefficient (Wildman–Crippen LogP) is 6.96. The fourth-order valence-electron chi connectivity index (χ4n) is 3.82. The Morgan fingerprint density at radius 1 is 1.18 bits per heavy atom. The van der Waals surface area contributed by atoms with Gasteiger partial charge in [-0.2, -0.15) is 13.2 Å². The topological polar surface area (TPSA) is 64.4 Å². The van der Waals surface area contributed by atoms with Gasteiger partial charge in [0.25, 0.3) is 0 Å². The van der Waals surface area contributed by atoms with E-state index in [0.29, 0.717) is 16.3 Å². The summed E-state index contributed by atoms with van der Waals surface area (Å²) in [5.41, 5.74) is 1.63. The van der Waals surface area contributed by atoms with Gasteiger partial charge in [-0.3, -0.25) is 4.79 Å². The number of hydrogen-bond donors (Lipinski definition) is 1. The quantitative estimate of drug-likeness (QED) is 0.291. The van der Waals surface area contributed by atoms with Gasteiger partial charge in [0.1, 0.15) is 23.4 Å². The lowest BCUT2D eigenvalue weighted by atomic mass is 10.1. The highest BCUT2D eigenvalue weighted by Gasteiger charge is 2.30. The number of ether oxygens (including phenoxy) is 1. The van der Waals surface area contributed by atoms with Crippen molar-refractivity contribution in [3.05, 3.63) is 70.9 Å². The van der Waals surface area contributed by atoms with Crippen LogP contribution in [0.5, 0.6) is 5.75 Å². The predicted molar refractivity (Wildman–Crippen MR) is 125 cm³/mol. The summed E-state index contributed by atoms with van der Waals surface area (Å²) >= 11 is 1.42. The number of aliphatic carboxylic acids is 1. The molecule has 178 valence electrons. The number of thiazole rings is 1. The number of rotatable bonds is 8. The average molecular weight is 489 g/mol. The second-order valence-corrected chi connectivity index (χ2v) is 9.00. The summed E-state index contributed by atoms with van der Waals surface area (Å²) in [6.45, 7) is 3.85. The second-order valence-electron chi connectivity index (χ2n) is 7.97. The molecule has 0 aliphatic carbocycles. The lowest BCUT2D eigenvalue weighted by Crippen LogP contribution is -2.07. The van der Waals surface area contributed by atoms with Crippen LogP contribution < -0.4 is 4.74 Å². The molecule has 4 rings (SSSR count). The highest BCUT2D eigenvalue weighted by Crippen LogP contribution is 2.37. The van der Waals surface area contributed by atoms with Gasteiger partial charge in [0.15, 0.2) is 0 Å². The van der Waals surface area contributed by atoms with E-state index in [1.807, 2.05) is 32.0 Å². The van der Waals surface area contributed by atoms with Crippen molar-refractivity contribution in [2.75, 3.05) is 0 Å². The first-order valence-corrected chi connectivity index (χ1v) is 11.6. The smallest absolute Gasteiger partial charge is 0.416 e.